The van der Waals surface area contributed by atoms with Crippen molar-refractivity contribution in [2.75, 3.05) is 52.6 Å². The zero-order valence-electron chi connectivity index (χ0n) is 20.5. The molecule has 7 atom stereocenters. The van der Waals surface area contributed by atoms with E-state index in [1.54, 1.807) is 6.92 Å². The number of hydrogen-bond donors (Lipinski definition) is 2. The molecule has 4 fully saturated rings. The molecule has 4 aliphatic heterocycles. The Hall–Kier alpha value is -1.75. The van der Waals surface area contributed by atoms with Gasteiger partial charge in [0.25, 0.3) is 0 Å². The van der Waals surface area contributed by atoms with Gasteiger partial charge in [0.1, 0.15) is 11.6 Å². The maximum atomic E-state index is 13.9. The second kappa shape index (κ2) is 10.5. The minimum absolute atomic E-state index is 0.0222. The highest BCUT2D eigenvalue weighted by molar-refractivity contribution is 5.98. The summed E-state index contributed by atoms with van der Waals surface area (Å²) in [6, 6.07) is -1.41. The number of nitrogens with zero attached hydrogens (tertiary/aromatic N) is 2. The van der Waals surface area contributed by atoms with Crippen molar-refractivity contribution in [1.29, 1.82) is 0 Å². The lowest BCUT2D eigenvalue weighted by atomic mass is 9.71. The van der Waals surface area contributed by atoms with Crippen LogP contribution in [0.3, 0.4) is 0 Å². The van der Waals surface area contributed by atoms with Crippen molar-refractivity contribution in [2.24, 2.45) is 17.8 Å². The summed E-state index contributed by atoms with van der Waals surface area (Å²) < 4.78 is 17.0. The van der Waals surface area contributed by atoms with Crippen LogP contribution in [0.25, 0.3) is 0 Å². The number of likely N-dealkylation sites (tertiary alicyclic amines) is 1. The summed E-state index contributed by atoms with van der Waals surface area (Å²) in [6.07, 6.45) is 1.45. The van der Waals surface area contributed by atoms with Gasteiger partial charge >= 0.3 is 5.97 Å². The highest BCUT2D eigenvalue weighted by Gasteiger charge is 2.75. The molecule has 0 saturated carbocycles. The van der Waals surface area contributed by atoms with Crippen molar-refractivity contribution >= 4 is 17.8 Å². The molecule has 2 unspecified atom stereocenters. The van der Waals surface area contributed by atoms with Crippen molar-refractivity contribution in [1.82, 2.24) is 15.1 Å². The van der Waals surface area contributed by atoms with E-state index in [0.29, 0.717) is 39.1 Å². The second-order valence-electron chi connectivity index (χ2n) is 9.93. The lowest BCUT2D eigenvalue weighted by molar-refractivity contribution is -0.155. The number of morpholine rings is 1. The third-order valence-electron chi connectivity index (χ3n) is 8.22. The lowest BCUT2D eigenvalue weighted by Crippen LogP contribution is -2.59. The van der Waals surface area contributed by atoms with Crippen LogP contribution in [0.15, 0.2) is 0 Å². The fourth-order valence-electron chi connectivity index (χ4n) is 6.33. The van der Waals surface area contributed by atoms with Crippen LogP contribution in [0.5, 0.6) is 0 Å². The van der Waals surface area contributed by atoms with Crippen LogP contribution >= 0.6 is 0 Å². The molecule has 0 aromatic carbocycles. The predicted octanol–water partition coefficient (Wildman–Crippen LogP) is -0.220. The van der Waals surface area contributed by atoms with E-state index in [0.717, 1.165) is 19.5 Å². The SMILES string of the molecule is CCOC(=O)[C@@H]1[C@H]2C(=O)N([C@@H](CO)[C@@H](C)CC)C(C(=O)NCCN3CCOCC3)C23CC[C@H]1O3. The molecule has 0 radical (unpaired) electrons. The highest BCUT2D eigenvalue weighted by atomic mass is 16.6. The zero-order valence-corrected chi connectivity index (χ0v) is 20.5. The molecular formula is C24H39N3O7. The van der Waals surface area contributed by atoms with Gasteiger partial charge in [-0.15, -0.1) is 0 Å². The Morgan fingerprint density at radius 1 is 1.29 bits per heavy atom. The monoisotopic (exact) mass is 481 g/mol. The van der Waals surface area contributed by atoms with Crippen LogP contribution in [-0.4, -0.2) is 109 Å². The fraction of sp³-hybridized carbons (Fsp3) is 0.875. The van der Waals surface area contributed by atoms with Crippen molar-refractivity contribution in [2.45, 2.75) is 63.8 Å². The van der Waals surface area contributed by atoms with Gasteiger partial charge in [0.05, 0.1) is 50.4 Å². The number of hydrogen-bond acceptors (Lipinski definition) is 8. The highest BCUT2D eigenvalue weighted by Crippen LogP contribution is 2.59. The standard InChI is InChI=1S/C24H39N3O7/c1-4-15(3)16(14-28)27-20(21(29)25-8-9-26-10-12-32-13-11-26)24-7-6-17(34-24)18(19(24)22(27)30)23(31)33-5-2/h15-20,28H,4-14H2,1-3H3,(H,25,29)/t15-,16-,17+,18-,19-,20?,24?/m0/s1. The van der Waals surface area contributed by atoms with Crippen LogP contribution in [0.1, 0.15) is 40.0 Å². The molecule has 2 amide bonds. The molecule has 2 N–H and O–H groups in total. The number of ether oxygens (including phenoxy) is 3. The molecule has 4 rings (SSSR count). The maximum absolute atomic E-state index is 13.9. The zero-order chi connectivity index (χ0) is 24.5. The number of fused-ring (bicyclic) bond motifs is 1. The number of nitrogens with one attached hydrogen (secondary N) is 1. The summed E-state index contributed by atoms with van der Waals surface area (Å²) >= 11 is 0. The molecule has 10 nitrogen and oxygen atoms in total. The molecule has 192 valence electrons. The average molecular weight is 482 g/mol. The number of esters is 1. The minimum atomic E-state index is -1.07. The second-order valence-corrected chi connectivity index (χ2v) is 9.93. The van der Waals surface area contributed by atoms with Gasteiger partial charge in [-0.1, -0.05) is 20.3 Å². The normalized spacial score (nSPS) is 34.7. The largest absolute Gasteiger partial charge is 0.466 e. The number of amides is 2. The van der Waals surface area contributed by atoms with E-state index in [2.05, 4.69) is 10.2 Å². The Morgan fingerprint density at radius 3 is 2.68 bits per heavy atom. The van der Waals surface area contributed by atoms with Crippen LogP contribution in [0, 0.1) is 17.8 Å². The predicted molar refractivity (Wildman–Crippen MR) is 122 cm³/mol. The number of carbonyl (C=O) groups is 3. The van der Waals surface area contributed by atoms with E-state index in [1.165, 1.54) is 4.90 Å². The first-order valence-corrected chi connectivity index (χ1v) is 12.7. The van der Waals surface area contributed by atoms with E-state index >= 15 is 0 Å². The van der Waals surface area contributed by atoms with E-state index in [1.807, 2.05) is 13.8 Å². The minimum Gasteiger partial charge on any atom is -0.466 e. The van der Waals surface area contributed by atoms with Gasteiger partial charge in [0.2, 0.25) is 11.8 Å². The fourth-order valence-corrected chi connectivity index (χ4v) is 6.33. The number of carbonyl (C=O) groups excluding carboxylic acids is 3. The molecule has 0 aromatic rings. The molecule has 1 spiro atoms. The molecule has 4 heterocycles. The Morgan fingerprint density at radius 2 is 2.03 bits per heavy atom. The third kappa shape index (κ3) is 4.23. The first-order chi connectivity index (χ1) is 16.4. The van der Waals surface area contributed by atoms with Crippen molar-refractivity contribution in [3.05, 3.63) is 0 Å². The number of aliphatic hydroxyl groups is 1. The van der Waals surface area contributed by atoms with Crippen molar-refractivity contribution in [3.8, 4) is 0 Å². The quantitative estimate of drug-likeness (QED) is 0.411. The average Bonchev–Trinajstić information content (AvgIpc) is 3.48. The summed E-state index contributed by atoms with van der Waals surface area (Å²) in [5.74, 6) is -2.51. The topological polar surface area (TPSA) is 118 Å². The van der Waals surface area contributed by atoms with Gasteiger partial charge in [-0.05, 0) is 25.7 Å². The van der Waals surface area contributed by atoms with Crippen LogP contribution in [0.4, 0.5) is 0 Å². The smallest absolute Gasteiger partial charge is 0.312 e. The van der Waals surface area contributed by atoms with Crippen LogP contribution in [0.2, 0.25) is 0 Å². The summed E-state index contributed by atoms with van der Waals surface area (Å²) in [5, 5.41) is 13.3. The molecule has 4 aliphatic rings. The van der Waals surface area contributed by atoms with E-state index in [9.17, 15) is 19.5 Å². The van der Waals surface area contributed by atoms with Gasteiger partial charge in [-0.2, -0.15) is 0 Å². The summed E-state index contributed by atoms with van der Waals surface area (Å²) in [6.45, 7) is 9.80. The van der Waals surface area contributed by atoms with Gasteiger partial charge in [0, 0.05) is 26.2 Å². The van der Waals surface area contributed by atoms with E-state index < -0.39 is 41.6 Å². The van der Waals surface area contributed by atoms with Gasteiger partial charge in [0.15, 0.2) is 0 Å². The Kier molecular flexibility index (Phi) is 7.81. The van der Waals surface area contributed by atoms with Gasteiger partial charge < -0.3 is 29.5 Å². The third-order valence-corrected chi connectivity index (χ3v) is 8.22. The van der Waals surface area contributed by atoms with Crippen LogP contribution < -0.4 is 5.32 Å². The van der Waals surface area contributed by atoms with Gasteiger partial charge in [-0.25, -0.2) is 0 Å². The molecule has 4 saturated heterocycles. The number of aliphatic hydroxyl groups excluding tert-OH is 1. The first-order valence-electron chi connectivity index (χ1n) is 12.7. The summed E-state index contributed by atoms with van der Waals surface area (Å²) in [5.41, 5.74) is -1.07. The van der Waals surface area contributed by atoms with E-state index in [-0.39, 0.29) is 30.9 Å². The van der Waals surface area contributed by atoms with Crippen molar-refractivity contribution in [3.63, 3.8) is 0 Å². The molecule has 34 heavy (non-hydrogen) atoms. The molecule has 0 aliphatic carbocycles. The maximum Gasteiger partial charge on any atom is 0.312 e. The van der Waals surface area contributed by atoms with Crippen molar-refractivity contribution < 1.29 is 33.7 Å². The Bertz CT molecular complexity index is 774. The van der Waals surface area contributed by atoms with E-state index in [4.69, 9.17) is 14.2 Å². The molecule has 10 heteroatoms. The summed E-state index contributed by atoms with van der Waals surface area (Å²) in [4.78, 5) is 44.2. The van der Waals surface area contributed by atoms with Crippen LogP contribution in [-0.2, 0) is 28.6 Å². The molecule has 0 aromatic heterocycles. The number of rotatable bonds is 10. The summed E-state index contributed by atoms with van der Waals surface area (Å²) in [7, 11) is 0. The van der Waals surface area contributed by atoms with Gasteiger partial charge in [-0.3, -0.25) is 19.3 Å². The lowest BCUT2D eigenvalue weighted by Gasteiger charge is -2.39. The Balaban J connectivity index is 1.60. The Labute approximate surface area is 201 Å². The molecule has 2 bridgehead atoms. The first kappa shape index (κ1) is 25.3. The molecular weight excluding hydrogens is 442 g/mol.